The molecule has 4 rings (SSSR count). The molecule has 0 aromatic heterocycles. The highest BCUT2D eigenvalue weighted by Gasteiger charge is 2.40. The summed E-state index contributed by atoms with van der Waals surface area (Å²) in [5, 5.41) is 0.780. The minimum absolute atomic E-state index is 0. The fraction of sp³-hybridized carbons (Fsp3) is 0.600. The Kier molecular flexibility index (Phi) is 6.73. The van der Waals surface area contributed by atoms with Crippen molar-refractivity contribution in [3.8, 4) is 0 Å². The number of halogens is 3. The summed E-state index contributed by atoms with van der Waals surface area (Å²) in [6, 6.07) is 3.59. The molecular weight excluding hydrogens is 407 g/mol. The van der Waals surface area contributed by atoms with Crippen LogP contribution >= 0.6 is 35.6 Å². The van der Waals surface area contributed by atoms with Gasteiger partial charge in [0.15, 0.2) is 5.78 Å². The van der Waals surface area contributed by atoms with Crippen LogP contribution in [0, 0.1) is 0 Å². The van der Waals surface area contributed by atoms with Crippen molar-refractivity contribution in [2.75, 3.05) is 26.2 Å². The Labute approximate surface area is 176 Å². The summed E-state index contributed by atoms with van der Waals surface area (Å²) < 4.78 is 0. The first kappa shape index (κ1) is 20.9. The fourth-order valence-corrected chi connectivity index (χ4v) is 5.00. The predicted octanol–water partition coefficient (Wildman–Crippen LogP) is 4.56. The molecule has 0 spiro atoms. The Morgan fingerprint density at radius 3 is 2.44 bits per heavy atom. The summed E-state index contributed by atoms with van der Waals surface area (Å²) in [4.78, 5) is 30.3. The zero-order valence-electron chi connectivity index (χ0n) is 15.3. The number of carbonyl (C=O) groups excluding carboxylic acids is 2. The van der Waals surface area contributed by atoms with Crippen LogP contribution in [0.2, 0.25) is 10.0 Å². The van der Waals surface area contributed by atoms with Crippen LogP contribution in [0.4, 0.5) is 0 Å². The zero-order chi connectivity index (χ0) is 18.3. The molecule has 7 heteroatoms. The first-order chi connectivity index (χ1) is 12.5. The van der Waals surface area contributed by atoms with Crippen molar-refractivity contribution in [2.24, 2.45) is 0 Å². The van der Waals surface area contributed by atoms with E-state index >= 15 is 0 Å². The van der Waals surface area contributed by atoms with Gasteiger partial charge in [0.1, 0.15) is 0 Å². The van der Waals surface area contributed by atoms with Crippen molar-refractivity contribution in [3.05, 3.63) is 33.3 Å². The minimum atomic E-state index is -0.411. The third-order valence-corrected chi connectivity index (χ3v) is 6.76. The Hall–Kier alpha value is -0.810. The maximum Gasteiger partial charge on any atom is 0.230 e. The average Bonchev–Trinajstić information content (AvgIpc) is 3.24. The number of nitrogens with zero attached hydrogens (tertiary/aromatic N) is 2. The number of hydrogen-bond donors (Lipinski definition) is 0. The second kappa shape index (κ2) is 8.69. The Morgan fingerprint density at radius 2 is 1.70 bits per heavy atom. The lowest BCUT2D eigenvalue weighted by atomic mass is 9.95. The number of amides is 1. The number of fused-ring (bicyclic) bond motifs is 1. The van der Waals surface area contributed by atoms with Gasteiger partial charge in [0.25, 0.3) is 0 Å². The topological polar surface area (TPSA) is 40.6 Å². The molecule has 2 fully saturated rings. The van der Waals surface area contributed by atoms with Gasteiger partial charge in [-0.2, -0.15) is 0 Å². The van der Waals surface area contributed by atoms with Crippen molar-refractivity contribution in [1.29, 1.82) is 0 Å². The van der Waals surface area contributed by atoms with Gasteiger partial charge in [-0.15, -0.1) is 12.4 Å². The molecular formula is C20H25Cl3N2O2. The molecule has 148 valence electrons. The van der Waals surface area contributed by atoms with E-state index in [0.29, 0.717) is 15.6 Å². The molecule has 4 nitrogen and oxygen atoms in total. The van der Waals surface area contributed by atoms with Crippen LogP contribution in [-0.2, 0) is 4.79 Å². The lowest BCUT2D eigenvalue weighted by Crippen LogP contribution is -2.50. The van der Waals surface area contributed by atoms with E-state index in [9.17, 15) is 9.59 Å². The number of rotatable bonds is 3. The standard InChI is InChI=1S/C20H24Cl2N2O2.ClH/c21-17-9-14-15(10-18(17)22)19(25)11-16(14)20(26)24-8-2-1-5-13(24)12-23-6-3-4-7-23;/h9-10,13,16H,1-8,11-12H2;1H/t13-,16?;/m1./s1. The summed E-state index contributed by atoms with van der Waals surface area (Å²) in [5.74, 6) is -0.337. The van der Waals surface area contributed by atoms with E-state index in [1.807, 2.05) is 4.90 Å². The Balaban J connectivity index is 0.00000210. The highest BCUT2D eigenvalue weighted by atomic mass is 35.5. The van der Waals surface area contributed by atoms with Crippen molar-refractivity contribution in [3.63, 3.8) is 0 Å². The molecule has 1 aromatic rings. The van der Waals surface area contributed by atoms with Crippen molar-refractivity contribution in [2.45, 2.75) is 50.5 Å². The summed E-state index contributed by atoms with van der Waals surface area (Å²) in [6.45, 7) is 4.02. The van der Waals surface area contributed by atoms with E-state index in [4.69, 9.17) is 23.2 Å². The molecule has 0 bridgehead atoms. The predicted molar refractivity (Wildman–Crippen MR) is 110 cm³/mol. The molecule has 1 aliphatic carbocycles. The summed E-state index contributed by atoms with van der Waals surface area (Å²) >= 11 is 12.2. The zero-order valence-corrected chi connectivity index (χ0v) is 17.6. The SMILES string of the molecule is Cl.O=C1CC(C(=O)N2CCCC[C@@H]2CN2CCCC2)c2cc(Cl)c(Cl)cc21. The highest BCUT2D eigenvalue weighted by Crippen LogP contribution is 2.39. The van der Waals surface area contributed by atoms with E-state index in [0.717, 1.165) is 44.6 Å². The van der Waals surface area contributed by atoms with Crippen LogP contribution in [0.5, 0.6) is 0 Å². The van der Waals surface area contributed by atoms with E-state index in [1.165, 1.54) is 19.3 Å². The number of ketones is 1. The number of piperidine rings is 1. The number of Topliss-reactive ketones (excluding diaryl/α,β-unsaturated/α-hetero) is 1. The summed E-state index contributed by atoms with van der Waals surface area (Å²) in [5.41, 5.74) is 1.31. The Morgan fingerprint density at radius 1 is 1.04 bits per heavy atom. The van der Waals surface area contributed by atoms with Crippen molar-refractivity contribution < 1.29 is 9.59 Å². The monoisotopic (exact) mass is 430 g/mol. The maximum atomic E-state index is 13.4. The molecule has 0 saturated carbocycles. The number of carbonyl (C=O) groups is 2. The van der Waals surface area contributed by atoms with E-state index in [-0.39, 0.29) is 36.6 Å². The normalized spacial score (nSPS) is 25.4. The molecule has 1 unspecified atom stereocenters. The Bertz CT molecular complexity index is 734. The minimum Gasteiger partial charge on any atom is -0.338 e. The van der Waals surface area contributed by atoms with Crippen molar-refractivity contribution in [1.82, 2.24) is 9.80 Å². The molecule has 2 heterocycles. The molecule has 2 atom stereocenters. The van der Waals surface area contributed by atoms with Crippen LogP contribution in [0.3, 0.4) is 0 Å². The first-order valence-electron chi connectivity index (χ1n) is 9.59. The van der Waals surface area contributed by atoms with Gasteiger partial charge in [-0.25, -0.2) is 0 Å². The van der Waals surface area contributed by atoms with Gasteiger partial charge in [-0.3, -0.25) is 9.59 Å². The molecule has 1 amide bonds. The molecule has 0 N–H and O–H groups in total. The largest absolute Gasteiger partial charge is 0.338 e. The second-order valence-electron chi connectivity index (χ2n) is 7.72. The highest BCUT2D eigenvalue weighted by molar-refractivity contribution is 6.42. The number of benzene rings is 1. The number of likely N-dealkylation sites (tertiary alicyclic amines) is 2. The summed E-state index contributed by atoms with van der Waals surface area (Å²) in [6.07, 6.45) is 6.00. The quantitative estimate of drug-likeness (QED) is 0.704. The van der Waals surface area contributed by atoms with E-state index in [2.05, 4.69) is 4.90 Å². The van der Waals surface area contributed by atoms with E-state index in [1.54, 1.807) is 12.1 Å². The lowest BCUT2D eigenvalue weighted by Gasteiger charge is -2.39. The maximum absolute atomic E-state index is 13.4. The second-order valence-corrected chi connectivity index (χ2v) is 8.54. The first-order valence-corrected chi connectivity index (χ1v) is 10.3. The van der Waals surface area contributed by atoms with Gasteiger partial charge in [-0.05, 0) is 62.9 Å². The molecule has 2 aliphatic heterocycles. The molecule has 27 heavy (non-hydrogen) atoms. The van der Waals surface area contributed by atoms with Crippen molar-refractivity contribution >= 4 is 47.3 Å². The molecule has 0 radical (unpaired) electrons. The third-order valence-electron chi connectivity index (χ3n) is 6.03. The molecule has 1 aromatic carbocycles. The van der Waals surface area contributed by atoms with E-state index < -0.39 is 5.92 Å². The lowest BCUT2D eigenvalue weighted by molar-refractivity contribution is -0.136. The van der Waals surface area contributed by atoms with Crippen LogP contribution in [-0.4, -0.2) is 53.7 Å². The van der Waals surface area contributed by atoms with Gasteiger partial charge < -0.3 is 9.80 Å². The van der Waals surface area contributed by atoms with Crippen LogP contribution in [0.25, 0.3) is 0 Å². The van der Waals surface area contributed by atoms with Gasteiger partial charge >= 0.3 is 0 Å². The van der Waals surface area contributed by atoms with Gasteiger partial charge in [0.2, 0.25) is 5.91 Å². The van der Waals surface area contributed by atoms with Crippen LogP contribution < -0.4 is 0 Å². The van der Waals surface area contributed by atoms with Crippen LogP contribution in [0.15, 0.2) is 12.1 Å². The number of hydrogen-bond acceptors (Lipinski definition) is 3. The summed E-state index contributed by atoms with van der Waals surface area (Å²) in [7, 11) is 0. The average molecular weight is 432 g/mol. The molecule has 2 saturated heterocycles. The molecule has 3 aliphatic rings. The fourth-order valence-electron chi connectivity index (χ4n) is 4.66. The van der Waals surface area contributed by atoms with Crippen LogP contribution in [0.1, 0.15) is 60.4 Å². The van der Waals surface area contributed by atoms with Gasteiger partial charge in [0, 0.05) is 31.1 Å². The van der Waals surface area contributed by atoms with Gasteiger partial charge in [-0.1, -0.05) is 23.2 Å². The third kappa shape index (κ3) is 4.14. The smallest absolute Gasteiger partial charge is 0.230 e. The van der Waals surface area contributed by atoms with Gasteiger partial charge in [0.05, 0.1) is 16.0 Å².